The summed E-state index contributed by atoms with van der Waals surface area (Å²) in [7, 11) is 0. The van der Waals surface area contributed by atoms with E-state index in [4.69, 9.17) is 0 Å². The van der Waals surface area contributed by atoms with Gasteiger partial charge in [0.1, 0.15) is 0 Å². The van der Waals surface area contributed by atoms with E-state index in [-0.39, 0.29) is 11.9 Å². The molecule has 1 aromatic carbocycles. The van der Waals surface area contributed by atoms with Crippen molar-refractivity contribution < 1.29 is 9.59 Å². The van der Waals surface area contributed by atoms with Crippen LogP contribution in [0, 0.1) is 13.8 Å². The summed E-state index contributed by atoms with van der Waals surface area (Å²) < 4.78 is 0. The number of hydrogen-bond acceptors (Lipinski definition) is 6. The SMILES string of the molecule is CC(=O)N[C@H]1CCN(c2ccc(-c3cncc(NC(=O)Nc4ccc(C)nc4)n3)cc2C)C1. The van der Waals surface area contributed by atoms with Crippen LogP contribution in [0.3, 0.4) is 0 Å². The van der Waals surface area contributed by atoms with E-state index in [1.165, 1.54) is 6.20 Å². The quantitative estimate of drug-likeness (QED) is 0.554. The maximum absolute atomic E-state index is 12.3. The Kier molecular flexibility index (Phi) is 6.48. The summed E-state index contributed by atoms with van der Waals surface area (Å²) in [5.74, 6) is 0.356. The number of aryl methyl sites for hydroxylation is 2. The van der Waals surface area contributed by atoms with Crippen LogP contribution in [-0.4, -0.2) is 46.0 Å². The highest BCUT2D eigenvalue weighted by Crippen LogP contribution is 2.29. The molecule has 0 bridgehead atoms. The van der Waals surface area contributed by atoms with E-state index >= 15 is 0 Å². The Morgan fingerprint density at radius 1 is 1.06 bits per heavy atom. The van der Waals surface area contributed by atoms with Crippen molar-refractivity contribution in [3.63, 3.8) is 0 Å². The van der Waals surface area contributed by atoms with Gasteiger partial charge in [-0.2, -0.15) is 0 Å². The molecule has 0 saturated carbocycles. The molecule has 1 saturated heterocycles. The number of carbonyl (C=O) groups excluding carboxylic acids is 2. The number of carbonyl (C=O) groups is 2. The van der Waals surface area contributed by atoms with Crippen LogP contribution in [0.2, 0.25) is 0 Å². The second-order valence-electron chi connectivity index (χ2n) is 8.19. The van der Waals surface area contributed by atoms with E-state index in [9.17, 15) is 9.59 Å². The van der Waals surface area contributed by atoms with Crippen LogP contribution in [0.15, 0.2) is 48.9 Å². The fourth-order valence-electron chi connectivity index (χ4n) is 3.94. The number of amides is 3. The standard InChI is InChI=1S/C24H27N7O2/c1-15-10-18(5-7-22(15)31-9-8-20(14-31)27-17(3)32)21-12-25-13-23(29-21)30-24(33)28-19-6-4-16(2)26-11-19/h4-7,10-13,20H,8-9,14H2,1-3H3,(H,27,32)(H2,28,29,30,33)/t20-/m0/s1. The van der Waals surface area contributed by atoms with Crippen LogP contribution in [0.25, 0.3) is 11.3 Å². The summed E-state index contributed by atoms with van der Waals surface area (Å²) in [6, 6.07) is 9.50. The van der Waals surface area contributed by atoms with Gasteiger partial charge in [-0.05, 0) is 50.1 Å². The van der Waals surface area contributed by atoms with Crippen LogP contribution in [0.4, 0.5) is 22.0 Å². The second kappa shape index (κ2) is 9.64. The van der Waals surface area contributed by atoms with Crippen molar-refractivity contribution in [3.8, 4) is 11.3 Å². The van der Waals surface area contributed by atoms with Gasteiger partial charge < -0.3 is 15.5 Å². The molecule has 2 aromatic heterocycles. The summed E-state index contributed by atoms with van der Waals surface area (Å²) in [5.41, 5.74) is 5.29. The largest absolute Gasteiger partial charge is 0.369 e. The Labute approximate surface area is 192 Å². The smallest absolute Gasteiger partial charge is 0.324 e. The highest BCUT2D eigenvalue weighted by atomic mass is 16.2. The number of aromatic nitrogens is 3. The van der Waals surface area contributed by atoms with E-state index in [0.717, 1.165) is 42.0 Å². The number of hydrogen-bond donors (Lipinski definition) is 3. The molecule has 1 aliphatic rings. The number of nitrogens with one attached hydrogen (secondary N) is 3. The molecule has 0 spiro atoms. The highest BCUT2D eigenvalue weighted by molar-refractivity contribution is 5.99. The minimum Gasteiger partial charge on any atom is -0.369 e. The van der Waals surface area contributed by atoms with Gasteiger partial charge in [-0.25, -0.2) is 9.78 Å². The second-order valence-corrected chi connectivity index (χ2v) is 8.19. The molecule has 33 heavy (non-hydrogen) atoms. The van der Waals surface area contributed by atoms with Crippen molar-refractivity contribution in [3.05, 3.63) is 60.2 Å². The molecule has 0 aliphatic carbocycles. The molecule has 9 nitrogen and oxygen atoms in total. The first-order chi connectivity index (χ1) is 15.9. The normalized spacial score (nSPS) is 15.2. The first-order valence-electron chi connectivity index (χ1n) is 10.8. The summed E-state index contributed by atoms with van der Waals surface area (Å²) in [4.78, 5) is 38.9. The molecule has 3 heterocycles. The molecule has 3 N–H and O–H groups in total. The van der Waals surface area contributed by atoms with E-state index in [0.29, 0.717) is 17.2 Å². The van der Waals surface area contributed by atoms with Crippen LogP contribution >= 0.6 is 0 Å². The van der Waals surface area contributed by atoms with Crippen LogP contribution in [-0.2, 0) is 4.79 Å². The van der Waals surface area contributed by atoms with Gasteiger partial charge in [-0.15, -0.1) is 0 Å². The molecule has 1 aliphatic heterocycles. The van der Waals surface area contributed by atoms with E-state index in [2.05, 4.69) is 54.9 Å². The van der Waals surface area contributed by atoms with E-state index < -0.39 is 6.03 Å². The fraction of sp³-hybridized carbons (Fsp3) is 0.292. The lowest BCUT2D eigenvalue weighted by Crippen LogP contribution is -2.35. The molecular formula is C24H27N7O2. The zero-order valence-corrected chi connectivity index (χ0v) is 18.9. The summed E-state index contributed by atoms with van der Waals surface area (Å²) >= 11 is 0. The third-order valence-electron chi connectivity index (χ3n) is 5.47. The minimum absolute atomic E-state index is 0.00481. The Morgan fingerprint density at radius 3 is 2.64 bits per heavy atom. The topological polar surface area (TPSA) is 112 Å². The Balaban J connectivity index is 1.43. The average molecular weight is 446 g/mol. The van der Waals surface area contributed by atoms with Crippen molar-refractivity contribution >= 4 is 29.1 Å². The number of pyridine rings is 1. The summed E-state index contributed by atoms with van der Waals surface area (Å²) in [6.07, 6.45) is 5.70. The number of rotatable bonds is 5. The van der Waals surface area contributed by atoms with Crippen molar-refractivity contribution in [1.29, 1.82) is 0 Å². The predicted octanol–water partition coefficient (Wildman–Crippen LogP) is 3.51. The lowest BCUT2D eigenvalue weighted by molar-refractivity contribution is -0.119. The van der Waals surface area contributed by atoms with Crippen LogP contribution in [0.5, 0.6) is 0 Å². The molecule has 1 atom stereocenters. The predicted molar refractivity (Wildman–Crippen MR) is 128 cm³/mol. The first-order valence-corrected chi connectivity index (χ1v) is 10.8. The number of nitrogens with zero attached hydrogens (tertiary/aromatic N) is 4. The zero-order valence-electron chi connectivity index (χ0n) is 18.9. The number of anilines is 3. The summed E-state index contributed by atoms with van der Waals surface area (Å²) in [5, 5.41) is 8.44. The Hall–Kier alpha value is -4.01. The van der Waals surface area contributed by atoms with Crippen LogP contribution in [0.1, 0.15) is 24.6 Å². The fourth-order valence-corrected chi connectivity index (χ4v) is 3.94. The van der Waals surface area contributed by atoms with Crippen molar-refractivity contribution in [2.45, 2.75) is 33.2 Å². The average Bonchev–Trinajstić information content (AvgIpc) is 3.23. The molecular weight excluding hydrogens is 418 g/mol. The molecule has 0 radical (unpaired) electrons. The monoisotopic (exact) mass is 445 g/mol. The van der Waals surface area contributed by atoms with Gasteiger partial charge in [0.05, 0.1) is 30.0 Å². The lowest BCUT2D eigenvalue weighted by Gasteiger charge is -2.21. The number of urea groups is 1. The molecule has 3 aromatic rings. The third kappa shape index (κ3) is 5.62. The van der Waals surface area contributed by atoms with E-state index in [1.807, 2.05) is 19.1 Å². The lowest BCUT2D eigenvalue weighted by atomic mass is 10.1. The zero-order chi connectivity index (χ0) is 23.4. The van der Waals surface area contributed by atoms with Crippen LogP contribution < -0.4 is 20.9 Å². The maximum Gasteiger partial charge on any atom is 0.324 e. The van der Waals surface area contributed by atoms with Gasteiger partial charge in [-0.3, -0.25) is 20.1 Å². The molecule has 4 rings (SSSR count). The van der Waals surface area contributed by atoms with Gasteiger partial charge in [0.2, 0.25) is 5.91 Å². The Bertz CT molecular complexity index is 1160. The molecule has 1 fully saturated rings. The Morgan fingerprint density at radius 2 is 1.91 bits per heavy atom. The third-order valence-corrected chi connectivity index (χ3v) is 5.47. The summed E-state index contributed by atoms with van der Waals surface area (Å²) in [6.45, 7) is 7.19. The van der Waals surface area contributed by atoms with Gasteiger partial charge in [0.15, 0.2) is 5.82 Å². The van der Waals surface area contributed by atoms with Gasteiger partial charge in [0, 0.05) is 43.0 Å². The van der Waals surface area contributed by atoms with Crippen molar-refractivity contribution in [1.82, 2.24) is 20.3 Å². The van der Waals surface area contributed by atoms with Crippen molar-refractivity contribution in [2.75, 3.05) is 28.6 Å². The molecule has 170 valence electrons. The minimum atomic E-state index is -0.415. The van der Waals surface area contributed by atoms with Crippen molar-refractivity contribution in [2.24, 2.45) is 0 Å². The number of benzene rings is 1. The first kappa shape index (κ1) is 22.2. The molecule has 0 unspecified atom stereocenters. The maximum atomic E-state index is 12.3. The van der Waals surface area contributed by atoms with Gasteiger partial charge in [0.25, 0.3) is 0 Å². The highest BCUT2D eigenvalue weighted by Gasteiger charge is 2.24. The molecule has 9 heteroatoms. The van der Waals surface area contributed by atoms with E-state index in [1.54, 1.807) is 25.4 Å². The van der Waals surface area contributed by atoms with Gasteiger partial charge in [-0.1, -0.05) is 6.07 Å². The van der Waals surface area contributed by atoms with Gasteiger partial charge >= 0.3 is 6.03 Å². The molecule has 3 amide bonds.